The molecule has 2 amide bonds. The first-order valence-electron chi connectivity index (χ1n) is 6.99. The van der Waals surface area contributed by atoms with Crippen LogP contribution in [0.5, 0.6) is 17.2 Å². The maximum atomic E-state index is 12.0. The molecular formula is C16H18N2O5S. The Kier molecular flexibility index (Phi) is 6.02. The first-order valence-corrected chi connectivity index (χ1v) is 7.93. The first-order chi connectivity index (χ1) is 11.6. The predicted octanol–water partition coefficient (Wildman–Crippen LogP) is 2.14. The third-order valence-electron chi connectivity index (χ3n) is 3.14. The van der Waals surface area contributed by atoms with Gasteiger partial charge in [0.25, 0.3) is 5.91 Å². The summed E-state index contributed by atoms with van der Waals surface area (Å²) in [6.45, 7) is -0.147. The number of carbonyl (C=O) groups excluding carboxylic acids is 2. The molecule has 0 atom stereocenters. The van der Waals surface area contributed by atoms with Crippen molar-refractivity contribution < 1.29 is 23.8 Å². The fraction of sp³-hybridized carbons (Fsp3) is 0.250. The Morgan fingerprint density at radius 3 is 2.25 bits per heavy atom. The van der Waals surface area contributed by atoms with E-state index in [-0.39, 0.29) is 18.4 Å². The van der Waals surface area contributed by atoms with Crippen LogP contribution in [0.25, 0.3) is 0 Å². The molecule has 0 spiro atoms. The van der Waals surface area contributed by atoms with Crippen molar-refractivity contribution in [2.45, 2.75) is 0 Å². The highest BCUT2D eigenvalue weighted by Gasteiger charge is 2.15. The lowest BCUT2D eigenvalue weighted by atomic mass is 10.2. The summed E-state index contributed by atoms with van der Waals surface area (Å²) in [5, 5.41) is 8.74. The Labute approximate surface area is 143 Å². The molecule has 128 valence electrons. The number of hydrogen-bond donors (Lipinski definition) is 2. The van der Waals surface area contributed by atoms with Gasteiger partial charge in [-0.25, -0.2) is 0 Å². The highest BCUT2D eigenvalue weighted by atomic mass is 32.1. The molecule has 0 saturated heterocycles. The summed E-state index contributed by atoms with van der Waals surface area (Å²) in [4.78, 5) is 23.8. The molecule has 1 heterocycles. The van der Waals surface area contributed by atoms with Gasteiger partial charge in [0.2, 0.25) is 11.7 Å². The van der Waals surface area contributed by atoms with Crippen LogP contribution >= 0.6 is 11.3 Å². The number of rotatable bonds is 7. The fourth-order valence-electron chi connectivity index (χ4n) is 2.01. The molecule has 0 fully saturated rings. The molecule has 0 unspecified atom stereocenters. The number of nitrogens with one attached hydrogen (secondary N) is 2. The molecule has 2 rings (SSSR count). The van der Waals surface area contributed by atoms with Gasteiger partial charge in [0.05, 0.1) is 27.9 Å². The summed E-state index contributed by atoms with van der Waals surface area (Å²) in [5.41, 5.74) is 1.000. The molecular weight excluding hydrogens is 332 g/mol. The number of amides is 2. The topological polar surface area (TPSA) is 85.9 Å². The number of ether oxygens (including phenoxy) is 3. The van der Waals surface area contributed by atoms with Crippen molar-refractivity contribution in [2.75, 3.05) is 33.2 Å². The third kappa shape index (κ3) is 4.17. The lowest BCUT2D eigenvalue weighted by Gasteiger charge is -2.14. The average Bonchev–Trinajstić information content (AvgIpc) is 3.13. The van der Waals surface area contributed by atoms with Crippen LogP contribution in [-0.2, 0) is 4.79 Å². The summed E-state index contributed by atoms with van der Waals surface area (Å²) in [5.74, 6) is 0.622. The van der Waals surface area contributed by atoms with Gasteiger partial charge >= 0.3 is 0 Å². The molecule has 0 aliphatic rings. The second-order valence-corrected chi connectivity index (χ2v) is 5.44. The molecule has 0 aliphatic carbocycles. The van der Waals surface area contributed by atoms with Crippen LogP contribution in [0.15, 0.2) is 29.0 Å². The summed E-state index contributed by atoms with van der Waals surface area (Å²) in [6.07, 6.45) is 0. The highest BCUT2D eigenvalue weighted by Crippen LogP contribution is 2.39. The number of thiophene rings is 1. The van der Waals surface area contributed by atoms with E-state index in [0.29, 0.717) is 28.5 Å². The van der Waals surface area contributed by atoms with Gasteiger partial charge in [0, 0.05) is 28.8 Å². The molecule has 1 aromatic carbocycles. The van der Waals surface area contributed by atoms with E-state index in [1.165, 1.54) is 32.7 Å². The molecule has 0 aliphatic heterocycles. The molecule has 0 radical (unpaired) electrons. The van der Waals surface area contributed by atoms with Crippen molar-refractivity contribution in [1.82, 2.24) is 5.32 Å². The van der Waals surface area contributed by atoms with Gasteiger partial charge in [-0.2, -0.15) is 11.3 Å². The van der Waals surface area contributed by atoms with Crippen LogP contribution in [0.2, 0.25) is 0 Å². The van der Waals surface area contributed by atoms with Crippen molar-refractivity contribution in [2.24, 2.45) is 0 Å². The fourth-order valence-corrected chi connectivity index (χ4v) is 2.65. The molecule has 0 saturated carbocycles. The molecule has 2 N–H and O–H groups in total. The van der Waals surface area contributed by atoms with Gasteiger partial charge in [-0.15, -0.1) is 0 Å². The Hall–Kier alpha value is -2.74. The minimum Gasteiger partial charge on any atom is -0.493 e. The molecule has 1 aromatic heterocycles. The van der Waals surface area contributed by atoms with Crippen molar-refractivity contribution in [3.05, 3.63) is 34.5 Å². The average molecular weight is 350 g/mol. The first kappa shape index (κ1) is 17.6. The summed E-state index contributed by atoms with van der Waals surface area (Å²) < 4.78 is 15.7. The van der Waals surface area contributed by atoms with Gasteiger partial charge in [-0.3, -0.25) is 9.59 Å². The predicted molar refractivity (Wildman–Crippen MR) is 91.4 cm³/mol. The molecule has 8 heteroatoms. The smallest absolute Gasteiger partial charge is 0.252 e. The lowest BCUT2D eigenvalue weighted by molar-refractivity contribution is -0.115. The van der Waals surface area contributed by atoms with Gasteiger partial charge in [-0.1, -0.05) is 0 Å². The number of carbonyl (C=O) groups is 2. The van der Waals surface area contributed by atoms with Crippen LogP contribution in [-0.4, -0.2) is 39.7 Å². The van der Waals surface area contributed by atoms with Gasteiger partial charge < -0.3 is 24.8 Å². The molecule has 24 heavy (non-hydrogen) atoms. The Morgan fingerprint density at radius 2 is 1.75 bits per heavy atom. The zero-order valence-electron chi connectivity index (χ0n) is 13.5. The van der Waals surface area contributed by atoms with Crippen molar-refractivity contribution in [1.29, 1.82) is 0 Å². The summed E-state index contributed by atoms with van der Waals surface area (Å²) in [6, 6.07) is 4.91. The van der Waals surface area contributed by atoms with E-state index in [1.54, 1.807) is 29.0 Å². The van der Waals surface area contributed by atoms with Gasteiger partial charge in [0.1, 0.15) is 0 Å². The number of hydrogen-bond acceptors (Lipinski definition) is 6. The van der Waals surface area contributed by atoms with E-state index < -0.39 is 0 Å². The van der Waals surface area contributed by atoms with E-state index >= 15 is 0 Å². The van der Waals surface area contributed by atoms with E-state index in [0.717, 1.165) is 0 Å². The maximum Gasteiger partial charge on any atom is 0.252 e. The van der Waals surface area contributed by atoms with Crippen LogP contribution in [0, 0.1) is 0 Å². The molecule has 2 aromatic rings. The quantitative estimate of drug-likeness (QED) is 0.799. The standard InChI is InChI=1S/C16H18N2O5S/c1-21-12-6-11(7-13(22-2)15(12)23-3)18-14(19)8-17-16(20)10-4-5-24-9-10/h4-7,9H,8H2,1-3H3,(H,17,20)(H,18,19). The number of benzene rings is 1. The van der Waals surface area contributed by atoms with E-state index in [1.807, 2.05) is 0 Å². The second-order valence-electron chi connectivity index (χ2n) is 4.66. The lowest BCUT2D eigenvalue weighted by Crippen LogP contribution is -2.32. The molecule has 0 bridgehead atoms. The van der Waals surface area contributed by atoms with Crippen LogP contribution in [0.3, 0.4) is 0 Å². The van der Waals surface area contributed by atoms with Gasteiger partial charge in [-0.05, 0) is 11.4 Å². The summed E-state index contributed by atoms with van der Waals surface area (Å²) in [7, 11) is 4.48. The number of methoxy groups -OCH3 is 3. The SMILES string of the molecule is COc1cc(NC(=O)CNC(=O)c2ccsc2)cc(OC)c1OC. The van der Waals surface area contributed by atoms with Crippen molar-refractivity contribution in [3.8, 4) is 17.2 Å². The minimum absolute atomic E-state index is 0.147. The Bertz CT molecular complexity index is 690. The van der Waals surface area contributed by atoms with Crippen LogP contribution < -0.4 is 24.8 Å². The summed E-state index contributed by atoms with van der Waals surface area (Å²) >= 11 is 1.42. The Balaban J connectivity index is 2.02. The van der Waals surface area contributed by atoms with Gasteiger partial charge in [0.15, 0.2) is 11.5 Å². The highest BCUT2D eigenvalue weighted by molar-refractivity contribution is 7.08. The van der Waals surface area contributed by atoms with Crippen LogP contribution in [0.4, 0.5) is 5.69 Å². The normalized spacial score (nSPS) is 9.96. The van der Waals surface area contributed by atoms with Crippen molar-refractivity contribution in [3.63, 3.8) is 0 Å². The monoisotopic (exact) mass is 350 g/mol. The van der Waals surface area contributed by atoms with Crippen LogP contribution in [0.1, 0.15) is 10.4 Å². The molecule has 7 nitrogen and oxygen atoms in total. The zero-order valence-corrected chi connectivity index (χ0v) is 14.4. The third-order valence-corrected chi connectivity index (χ3v) is 3.82. The maximum absolute atomic E-state index is 12.0. The van der Waals surface area contributed by atoms with E-state index in [2.05, 4.69) is 10.6 Å². The Morgan fingerprint density at radius 1 is 1.08 bits per heavy atom. The minimum atomic E-state index is -0.368. The van der Waals surface area contributed by atoms with E-state index in [9.17, 15) is 9.59 Å². The number of anilines is 1. The van der Waals surface area contributed by atoms with Crippen molar-refractivity contribution >= 4 is 28.8 Å². The second kappa shape index (κ2) is 8.21. The van der Waals surface area contributed by atoms with E-state index in [4.69, 9.17) is 14.2 Å². The zero-order chi connectivity index (χ0) is 17.5. The largest absolute Gasteiger partial charge is 0.493 e.